The second-order valence-corrected chi connectivity index (χ2v) is 27.7. The van der Waals surface area contributed by atoms with Crippen LogP contribution in [0.15, 0.2) is 141 Å². The van der Waals surface area contributed by atoms with Gasteiger partial charge in [-0.15, -0.1) is 0 Å². The minimum atomic E-state index is -1.11. The lowest BCUT2D eigenvalue weighted by atomic mass is 9.96. The Morgan fingerprint density at radius 3 is 1.12 bits per heavy atom. The molecule has 4 aliphatic rings. The number of nitrogen functional groups attached to an aromatic ring is 1. The Hall–Kier alpha value is -10.3. The number of hydrogen-bond donors (Lipinski definition) is 6. The van der Waals surface area contributed by atoms with Gasteiger partial charge in [-0.25, -0.2) is 4.79 Å². The first-order valence-electron chi connectivity index (χ1n) is 34.2. The monoisotopic (exact) mass is 1360 g/mol. The van der Waals surface area contributed by atoms with Crippen molar-refractivity contribution in [3.05, 3.63) is 183 Å². The van der Waals surface area contributed by atoms with Crippen LogP contribution in [0.25, 0.3) is 43.1 Å². The number of carboxylic acids is 1. The number of hydrogen-bond acceptors (Lipinski definition) is 14. The average molecular weight is 1360 g/mol. The number of pyridine rings is 4. The van der Waals surface area contributed by atoms with E-state index in [4.69, 9.17) is 5.73 Å². The summed E-state index contributed by atoms with van der Waals surface area (Å²) < 4.78 is 5.57. The average Bonchev–Trinajstić information content (AvgIpc) is 1.65. The second kappa shape index (κ2) is 31.9. The molecule has 0 spiro atoms. The zero-order valence-corrected chi connectivity index (χ0v) is 57.2. The molecule has 4 saturated carbocycles. The van der Waals surface area contributed by atoms with Crippen LogP contribution in [0.4, 0.5) is 22.7 Å². The lowest BCUT2D eigenvalue weighted by Crippen LogP contribution is -2.40. The number of non-ortho nitro benzene ring substituents is 2. The van der Waals surface area contributed by atoms with Gasteiger partial charge in [0, 0.05) is 94.4 Å². The predicted molar refractivity (Wildman–Crippen MR) is 382 cm³/mol. The zero-order valence-electron chi connectivity index (χ0n) is 57.2. The van der Waals surface area contributed by atoms with Crippen LogP contribution in [0, 0.1) is 49.8 Å². The minimum Gasteiger partial charge on any atom is -0.480 e. The van der Waals surface area contributed by atoms with E-state index in [1.165, 1.54) is 89.7 Å². The number of fused-ring (bicyclic) bond motifs is 4. The van der Waals surface area contributed by atoms with E-state index in [-0.39, 0.29) is 115 Å². The lowest BCUT2D eigenvalue weighted by molar-refractivity contribution is -0.383. The Kier molecular flexibility index (Phi) is 23.5. The maximum Gasteiger partial charge on any atom is 0.327 e. The molecule has 4 amide bonds. The number of nitro groups is 2. The molecule has 4 heterocycles. The third kappa shape index (κ3) is 17.5. The lowest BCUT2D eigenvalue weighted by Gasteiger charge is -2.23. The molecule has 4 aromatic heterocycles. The van der Waals surface area contributed by atoms with E-state index in [9.17, 15) is 68.5 Å². The van der Waals surface area contributed by atoms with Crippen LogP contribution in [0.2, 0.25) is 0 Å². The van der Waals surface area contributed by atoms with Gasteiger partial charge in [0.1, 0.15) is 24.2 Å². The Bertz CT molecular complexity index is 4610. The van der Waals surface area contributed by atoms with E-state index < -0.39 is 45.5 Å². The molecule has 0 aliphatic heterocycles. The van der Waals surface area contributed by atoms with Crippen LogP contribution in [0.5, 0.6) is 0 Å². The fraction of sp³-hybridized carbons (Fsp3) is 0.446. The summed E-state index contributed by atoms with van der Waals surface area (Å²) in [5, 5.41) is 46.7. The zero-order chi connectivity index (χ0) is 71.7. The summed E-state index contributed by atoms with van der Waals surface area (Å²) in [4.78, 5) is 134. The molecular formula is C74H89N11O14. The van der Waals surface area contributed by atoms with Crippen molar-refractivity contribution in [3.63, 3.8) is 0 Å². The third-order valence-electron chi connectivity index (χ3n) is 18.6. The highest BCUT2D eigenvalue weighted by Gasteiger charge is 2.35. The first-order chi connectivity index (χ1) is 47.2. The molecule has 0 unspecified atom stereocenters. The molecule has 25 nitrogen and oxygen atoms in total. The molecule has 0 radical (unpaired) electrons. The molecular weight excluding hydrogens is 1270 g/mol. The number of amides is 4. The number of aromatic nitrogens is 4. The Balaban J connectivity index is 0.000000157. The summed E-state index contributed by atoms with van der Waals surface area (Å²) in [7, 11) is 0. The third-order valence-corrected chi connectivity index (χ3v) is 18.6. The number of carboxylic acid groups (broad SMARTS) is 1. The van der Waals surface area contributed by atoms with Gasteiger partial charge in [-0.05, 0) is 142 Å². The number of benzene rings is 4. The van der Waals surface area contributed by atoms with Crippen molar-refractivity contribution in [2.45, 2.75) is 181 Å². The molecule has 25 heteroatoms. The van der Waals surface area contributed by atoms with Gasteiger partial charge in [-0.3, -0.25) is 58.6 Å². The Morgan fingerprint density at radius 2 is 0.768 bits per heavy atom. The minimum absolute atomic E-state index is 0.0115. The summed E-state index contributed by atoms with van der Waals surface area (Å²) >= 11 is 0. The van der Waals surface area contributed by atoms with E-state index in [0.717, 1.165) is 61.3 Å². The fourth-order valence-corrected chi connectivity index (χ4v) is 13.0. The topological polar surface area (TPSA) is 354 Å². The van der Waals surface area contributed by atoms with Crippen LogP contribution < -0.4 is 49.2 Å². The van der Waals surface area contributed by atoms with Crippen LogP contribution in [-0.4, -0.2) is 80.9 Å². The van der Waals surface area contributed by atoms with E-state index in [2.05, 4.69) is 21.3 Å². The van der Waals surface area contributed by atoms with Crippen molar-refractivity contribution in [1.82, 2.24) is 34.2 Å². The Morgan fingerprint density at radius 1 is 0.444 bits per heavy atom. The molecule has 4 atom stereocenters. The summed E-state index contributed by atoms with van der Waals surface area (Å²) in [5.41, 5.74) is 5.56. The number of anilines is 2. The van der Waals surface area contributed by atoms with E-state index in [0.29, 0.717) is 39.9 Å². The van der Waals surface area contributed by atoms with Crippen LogP contribution in [0.1, 0.15) is 163 Å². The SMILES string of the molecule is CC(C)[C@H](C(=O)NC1CC1)n1ccc2c(N)cccc2c1=O.CC(C)[C@H](C(=O)NC1CC1)n1ccc2c(NC(=O)CC3CCCCCC3)cccc2c1=O.CC(C)[C@H](C(=O)NC1CC1)n1ccc2c([N+](=O)[O-])cccc2c1=O.CC(C)[C@H](C(=O)O)n1ccc2c([N+](=O)[O-])cccc2c1=O. The van der Waals surface area contributed by atoms with Gasteiger partial charge in [-0.1, -0.05) is 105 Å². The van der Waals surface area contributed by atoms with Gasteiger partial charge in [0.15, 0.2) is 0 Å². The number of carbonyl (C=O) groups is 5. The van der Waals surface area contributed by atoms with Crippen molar-refractivity contribution in [3.8, 4) is 0 Å². The maximum absolute atomic E-state index is 13.3. The molecule has 0 bridgehead atoms. The summed E-state index contributed by atoms with van der Waals surface area (Å²) in [6, 6.07) is 23.9. The number of nitro benzene ring substituents is 2. The second-order valence-electron chi connectivity index (χ2n) is 27.7. The van der Waals surface area contributed by atoms with Crippen molar-refractivity contribution < 1.29 is 38.9 Å². The van der Waals surface area contributed by atoms with Gasteiger partial charge in [0.2, 0.25) is 23.6 Å². The predicted octanol–water partition coefficient (Wildman–Crippen LogP) is 11.4. The molecule has 0 saturated heterocycles. The van der Waals surface area contributed by atoms with Crippen LogP contribution in [-0.2, 0) is 24.0 Å². The summed E-state index contributed by atoms with van der Waals surface area (Å²) in [5.74, 6) is -1.40. The van der Waals surface area contributed by atoms with Gasteiger partial charge >= 0.3 is 5.97 Å². The van der Waals surface area contributed by atoms with Crippen molar-refractivity contribution in [1.29, 1.82) is 0 Å². The summed E-state index contributed by atoms with van der Waals surface area (Å²) in [6.07, 6.45) is 19.9. The number of nitrogens with two attached hydrogens (primary N) is 1. The molecule has 4 fully saturated rings. The molecule has 524 valence electrons. The number of nitrogens with one attached hydrogen (secondary N) is 4. The first-order valence-corrected chi connectivity index (χ1v) is 34.2. The molecule has 99 heavy (non-hydrogen) atoms. The maximum atomic E-state index is 13.3. The first kappa shape index (κ1) is 72.9. The van der Waals surface area contributed by atoms with E-state index >= 15 is 0 Å². The van der Waals surface area contributed by atoms with Gasteiger partial charge in [-0.2, -0.15) is 0 Å². The molecule has 12 rings (SSSR count). The molecule has 4 aliphatic carbocycles. The van der Waals surface area contributed by atoms with Crippen molar-refractivity contribution in [2.24, 2.45) is 29.6 Å². The van der Waals surface area contributed by atoms with Gasteiger partial charge in [0.05, 0.1) is 31.4 Å². The van der Waals surface area contributed by atoms with Gasteiger partial charge < -0.3 is 50.4 Å². The van der Waals surface area contributed by atoms with Gasteiger partial charge in [0.25, 0.3) is 33.6 Å². The molecule has 8 aromatic rings. The Labute approximate surface area is 571 Å². The normalized spacial score (nSPS) is 15.9. The highest BCUT2D eigenvalue weighted by Crippen LogP contribution is 2.32. The van der Waals surface area contributed by atoms with Crippen LogP contribution in [0.3, 0.4) is 0 Å². The van der Waals surface area contributed by atoms with Crippen molar-refractivity contribution in [2.75, 3.05) is 11.1 Å². The summed E-state index contributed by atoms with van der Waals surface area (Å²) in [6.45, 7) is 15.0. The number of nitrogens with zero attached hydrogens (tertiary/aromatic N) is 6. The number of rotatable bonds is 20. The number of aliphatic carboxylic acids is 1. The highest BCUT2D eigenvalue weighted by molar-refractivity contribution is 6.02. The quantitative estimate of drug-likeness (QED) is 0.0179. The fourth-order valence-electron chi connectivity index (χ4n) is 13.0. The molecule has 7 N–H and O–H groups in total. The standard InChI is InChI=1S/C26H35N3O3.C17H19N3O4.C17H21N3O2.C14H14N2O5/c1-17(2)24(25(31)27-19-12-13-19)29-15-14-20-21(26(29)32)10-7-11-22(20)28-23(30)16-18-8-5-3-4-6-9-18;1-10(2)15(16(21)18-11-6-7-11)19-9-8-12-13(17(19)22)4-3-5-14(12)20(23)24;1-10(2)15(16(21)19-11-6-7-11)20-9-8-12-13(17(20)22)4-3-5-14(12)18;1-8(2)12(14(18)19)15-7-6-9-10(13(15)17)4-3-5-11(9)16(20)21/h7,10-11,14-15,17-19,24H,3-6,8-9,12-13,16H2,1-2H3,(H,27,31)(H,28,30);3-5,8-11,15H,6-7H2,1-2H3,(H,18,21);3-5,8-11,15H,6-7,18H2,1-2H3,(H,19,21);3-8,12H,1-2H3,(H,18,19)/t24-;2*15-;12-/m1111/s1. The largest absolute Gasteiger partial charge is 0.480 e. The smallest absolute Gasteiger partial charge is 0.327 e. The van der Waals surface area contributed by atoms with Crippen LogP contribution >= 0.6 is 0 Å². The van der Waals surface area contributed by atoms with E-state index in [1.807, 2.05) is 59.7 Å². The highest BCUT2D eigenvalue weighted by atomic mass is 16.6. The number of carbonyl (C=O) groups excluding carboxylic acids is 4. The van der Waals surface area contributed by atoms with Crippen molar-refractivity contribution >= 4 is 95.4 Å². The van der Waals surface area contributed by atoms with E-state index in [1.54, 1.807) is 67.2 Å². The molecule has 4 aromatic carbocycles.